The highest BCUT2D eigenvalue weighted by molar-refractivity contribution is 7.91. The minimum atomic E-state index is -3.18. The first-order valence-electron chi connectivity index (χ1n) is 11.0. The summed E-state index contributed by atoms with van der Waals surface area (Å²) in [5.74, 6) is -0.981. The largest absolute Gasteiger partial charge is 0.337 e. The van der Waals surface area contributed by atoms with Gasteiger partial charge in [-0.05, 0) is 24.5 Å². The number of urea groups is 1. The van der Waals surface area contributed by atoms with Crippen LogP contribution >= 0.6 is 0 Å². The molecule has 9 heteroatoms. The van der Waals surface area contributed by atoms with Crippen molar-refractivity contribution >= 4 is 27.7 Å². The smallest absolute Gasteiger partial charge is 0.325 e. The van der Waals surface area contributed by atoms with Crippen molar-refractivity contribution in [3.05, 3.63) is 71.8 Å². The lowest BCUT2D eigenvalue weighted by Gasteiger charge is -2.29. The molecular weight excluding hydrogens is 442 g/mol. The molecule has 1 N–H and O–H groups in total. The van der Waals surface area contributed by atoms with Crippen LogP contribution in [0.25, 0.3) is 0 Å². The molecule has 0 unspecified atom stereocenters. The van der Waals surface area contributed by atoms with Crippen molar-refractivity contribution in [2.24, 2.45) is 0 Å². The maximum absolute atomic E-state index is 13.7. The Kier molecular flexibility index (Phi) is 6.25. The highest BCUT2D eigenvalue weighted by atomic mass is 32.2. The molecule has 33 heavy (non-hydrogen) atoms. The molecule has 2 aromatic carbocycles. The number of carbonyl (C=O) groups excluding carboxylic acids is 3. The minimum absolute atomic E-state index is 0.0404. The molecule has 174 valence electrons. The van der Waals surface area contributed by atoms with E-state index in [0.29, 0.717) is 18.5 Å². The van der Waals surface area contributed by atoms with Crippen molar-refractivity contribution in [2.45, 2.75) is 31.3 Å². The second kappa shape index (κ2) is 8.97. The summed E-state index contributed by atoms with van der Waals surface area (Å²) in [6.07, 6.45) is 0.607. The highest BCUT2D eigenvalue weighted by Crippen LogP contribution is 2.33. The highest BCUT2D eigenvalue weighted by Gasteiger charge is 2.53. The molecular formula is C24H27N3O5S. The molecule has 2 aliphatic heterocycles. The summed E-state index contributed by atoms with van der Waals surface area (Å²) >= 11 is 0. The average Bonchev–Trinajstić information content (AvgIpc) is 3.27. The first-order valence-corrected chi connectivity index (χ1v) is 12.8. The average molecular weight is 470 g/mol. The van der Waals surface area contributed by atoms with E-state index in [2.05, 4.69) is 5.32 Å². The Morgan fingerprint density at radius 2 is 1.73 bits per heavy atom. The van der Waals surface area contributed by atoms with Gasteiger partial charge in [0.05, 0.1) is 11.5 Å². The number of imide groups is 1. The summed E-state index contributed by atoms with van der Waals surface area (Å²) in [6, 6.07) is 17.3. The molecule has 0 radical (unpaired) electrons. The Bertz CT molecular complexity index is 1150. The van der Waals surface area contributed by atoms with E-state index in [4.69, 9.17) is 0 Å². The molecule has 4 rings (SSSR count). The third-order valence-corrected chi connectivity index (χ3v) is 8.11. The number of likely N-dealkylation sites (N-methyl/N-ethyl adjacent to an activating group) is 1. The van der Waals surface area contributed by atoms with Gasteiger partial charge in [0.25, 0.3) is 5.91 Å². The molecule has 0 spiro atoms. The van der Waals surface area contributed by atoms with Crippen LogP contribution in [0.2, 0.25) is 0 Å². The van der Waals surface area contributed by atoms with E-state index in [-0.39, 0.29) is 17.9 Å². The number of rotatable bonds is 7. The topological polar surface area (TPSA) is 104 Å². The van der Waals surface area contributed by atoms with Crippen LogP contribution in [0.1, 0.15) is 24.5 Å². The van der Waals surface area contributed by atoms with Crippen LogP contribution in [-0.2, 0) is 31.4 Å². The first kappa shape index (κ1) is 23.0. The van der Waals surface area contributed by atoms with Gasteiger partial charge in [0.15, 0.2) is 15.4 Å². The van der Waals surface area contributed by atoms with Gasteiger partial charge in [-0.3, -0.25) is 14.5 Å². The van der Waals surface area contributed by atoms with E-state index in [1.165, 1.54) is 4.90 Å². The van der Waals surface area contributed by atoms with Crippen molar-refractivity contribution in [2.75, 3.05) is 24.6 Å². The van der Waals surface area contributed by atoms with Crippen LogP contribution in [0.5, 0.6) is 0 Å². The summed E-state index contributed by atoms with van der Waals surface area (Å²) in [5, 5.41) is 2.85. The molecule has 2 saturated heterocycles. The number of sulfone groups is 1. The molecule has 2 atom stereocenters. The normalized spacial score (nSPS) is 24.0. The standard InChI is InChI=1S/C24H27N3O5S/c1-2-26(20-13-14-33(31,32)17-20)21(28)16-27-22(29)24(25-23(27)30,19-11-7-4-8-12-19)15-18-9-5-3-6-10-18/h3-12,20H,2,13-17H2,1H3,(H,25,30)/t20-,24-/m0/s1. The van der Waals surface area contributed by atoms with Gasteiger partial charge in [-0.25, -0.2) is 13.2 Å². The summed E-state index contributed by atoms with van der Waals surface area (Å²) in [5.41, 5.74) is 0.180. The SMILES string of the molecule is CCN(C(=O)CN1C(=O)N[C@@](Cc2ccccc2)(c2ccccc2)C1=O)[C@H]1CCS(=O)(=O)C1. The lowest BCUT2D eigenvalue weighted by atomic mass is 9.83. The van der Waals surface area contributed by atoms with Crippen molar-refractivity contribution in [1.29, 1.82) is 0 Å². The zero-order valence-corrected chi connectivity index (χ0v) is 19.3. The maximum Gasteiger partial charge on any atom is 0.325 e. The Balaban J connectivity index is 1.61. The van der Waals surface area contributed by atoms with Gasteiger partial charge in [-0.2, -0.15) is 0 Å². The molecule has 2 heterocycles. The van der Waals surface area contributed by atoms with Crippen LogP contribution in [0.3, 0.4) is 0 Å². The molecule has 0 saturated carbocycles. The summed E-state index contributed by atoms with van der Waals surface area (Å²) in [6.45, 7) is 1.63. The Hall–Kier alpha value is -3.20. The number of amides is 4. The Labute approximate surface area is 193 Å². The molecule has 0 aliphatic carbocycles. The van der Waals surface area contributed by atoms with Crippen molar-refractivity contribution in [3.63, 3.8) is 0 Å². The number of carbonyl (C=O) groups is 3. The van der Waals surface area contributed by atoms with Gasteiger partial charge in [0, 0.05) is 19.0 Å². The third kappa shape index (κ3) is 4.50. The molecule has 2 aliphatic rings. The second-order valence-electron chi connectivity index (χ2n) is 8.49. The van der Waals surface area contributed by atoms with Gasteiger partial charge in [0.2, 0.25) is 5.91 Å². The summed E-state index contributed by atoms with van der Waals surface area (Å²) in [7, 11) is -3.18. The number of hydrogen-bond acceptors (Lipinski definition) is 5. The Morgan fingerprint density at radius 3 is 2.30 bits per heavy atom. The summed E-state index contributed by atoms with van der Waals surface area (Å²) in [4.78, 5) is 42.1. The van der Waals surface area contributed by atoms with Crippen molar-refractivity contribution in [1.82, 2.24) is 15.1 Å². The number of hydrogen-bond donors (Lipinski definition) is 1. The molecule has 2 aromatic rings. The van der Waals surface area contributed by atoms with E-state index >= 15 is 0 Å². The molecule has 0 bridgehead atoms. The quantitative estimate of drug-likeness (QED) is 0.622. The lowest BCUT2D eigenvalue weighted by Crippen LogP contribution is -2.49. The van der Waals surface area contributed by atoms with Crippen LogP contribution < -0.4 is 5.32 Å². The fourth-order valence-corrected chi connectivity index (χ4v) is 6.43. The third-order valence-electron chi connectivity index (χ3n) is 6.36. The monoisotopic (exact) mass is 469 g/mol. The van der Waals surface area contributed by atoms with Gasteiger partial charge >= 0.3 is 6.03 Å². The second-order valence-corrected chi connectivity index (χ2v) is 10.7. The predicted molar refractivity (Wildman–Crippen MR) is 123 cm³/mol. The zero-order chi connectivity index (χ0) is 23.6. The fraction of sp³-hybridized carbons (Fsp3) is 0.375. The zero-order valence-electron chi connectivity index (χ0n) is 18.4. The van der Waals surface area contributed by atoms with Gasteiger partial charge in [-0.1, -0.05) is 60.7 Å². The van der Waals surface area contributed by atoms with Crippen LogP contribution in [0, 0.1) is 0 Å². The van der Waals surface area contributed by atoms with E-state index < -0.39 is 45.8 Å². The Morgan fingerprint density at radius 1 is 1.09 bits per heavy atom. The van der Waals surface area contributed by atoms with Crippen molar-refractivity contribution in [3.8, 4) is 0 Å². The maximum atomic E-state index is 13.7. The van der Waals surface area contributed by atoms with E-state index in [1.54, 1.807) is 31.2 Å². The number of nitrogens with one attached hydrogen (secondary N) is 1. The van der Waals surface area contributed by atoms with Crippen LogP contribution in [-0.4, -0.2) is 66.7 Å². The fourth-order valence-electron chi connectivity index (χ4n) is 4.70. The van der Waals surface area contributed by atoms with Crippen LogP contribution in [0.15, 0.2) is 60.7 Å². The van der Waals surface area contributed by atoms with Gasteiger partial charge in [-0.15, -0.1) is 0 Å². The molecule has 2 fully saturated rings. The van der Waals surface area contributed by atoms with Crippen LogP contribution in [0.4, 0.5) is 4.79 Å². The number of nitrogens with zero attached hydrogens (tertiary/aromatic N) is 2. The first-order chi connectivity index (χ1) is 15.8. The van der Waals surface area contributed by atoms with Gasteiger partial charge in [0.1, 0.15) is 6.54 Å². The minimum Gasteiger partial charge on any atom is -0.337 e. The molecule has 8 nitrogen and oxygen atoms in total. The van der Waals surface area contributed by atoms with E-state index in [1.807, 2.05) is 36.4 Å². The van der Waals surface area contributed by atoms with E-state index in [0.717, 1.165) is 10.5 Å². The molecule has 4 amide bonds. The number of benzene rings is 2. The van der Waals surface area contributed by atoms with Gasteiger partial charge < -0.3 is 10.2 Å². The lowest BCUT2D eigenvalue weighted by molar-refractivity contribution is -0.140. The molecule has 0 aromatic heterocycles. The van der Waals surface area contributed by atoms with E-state index in [9.17, 15) is 22.8 Å². The predicted octanol–water partition coefficient (Wildman–Crippen LogP) is 1.71. The van der Waals surface area contributed by atoms with Crippen molar-refractivity contribution < 1.29 is 22.8 Å². The summed E-state index contributed by atoms with van der Waals surface area (Å²) < 4.78 is 23.8.